The molecule has 1 aromatic rings. The second-order valence-electron chi connectivity index (χ2n) is 3.29. The molecule has 1 rings (SSSR count). The van der Waals surface area contributed by atoms with Crippen molar-refractivity contribution in [3.8, 4) is 0 Å². The van der Waals surface area contributed by atoms with E-state index < -0.39 is 0 Å². The summed E-state index contributed by atoms with van der Waals surface area (Å²) in [4.78, 5) is 11.0. The van der Waals surface area contributed by atoms with Crippen molar-refractivity contribution in [2.75, 3.05) is 18.0 Å². The molecule has 0 amide bonds. The monoisotopic (exact) mass is 193 g/mol. The van der Waals surface area contributed by atoms with Crippen molar-refractivity contribution in [2.24, 2.45) is 0 Å². The zero-order valence-electron chi connectivity index (χ0n) is 9.32. The summed E-state index contributed by atoms with van der Waals surface area (Å²) in [7, 11) is 0. The van der Waals surface area contributed by atoms with Gasteiger partial charge in [-0.15, -0.1) is 0 Å². The Kier molecular flexibility index (Phi) is 4.36. The molecular weight excluding hydrogens is 174 g/mol. The highest BCUT2D eigenvalue weighted by Crippen LogP contribution is 2.09. The van der Waals surface area contributed by atoms with Crippen molar-refractivity contribution in [2.45, 2.75) is 33.6 Å². The number of aryl methyl sites for hydroxylation is 1. The number of anilines is 1. The number of hydrogen-bond donors (Lipinski definition) is 0. The highest BCUT2D eigenvalue weighted by atomic mass is 15.2. The third kappa shape index (κ3) is 2.69. The third-order valence-electron chi connectivity index (χ3n) is 2.27. The maximum absolute atomic E-state index is 4.57. The van der Waals surface area contributed by atoms with Gasteiger partial charge in [-0.05, 0) is 20.3 Å². The summed E-state index contributed by atoms with van der Waals surface area (Å²) in [6.45, 7) is 8.41. The van der Waals surface area contributed by atoms with E-state index in [1.165, 1.54) is 0 Å². The van der Waals surface area contributed by atoms with Crippen molar-refractivity contribution in [1.82, 2.24) is 9.97 Å². The Morgan fingerprint density at radius 2 is 1.86 bits per heavy atom. The molecular formula is C11H19N3. The predicted octanol–water partition coefficient (Wildman–Crippen LogP) is 2.28. The lowest BCUT2D eigenvalue weighted by atomic mass is 10.3. The van der Waals surface area contributed by atoms with E-state index in [0.29, 0.717) is 0 Å². The van der Waals surface area contributed by atoms with Crippen molar-refractivity contribution in [1.29, 1.82) is 0 Å². The van der Waals surface area contributed by atoms with E-state index in [0.717, 1.165) is 37.4 Å². The zero-order chi connectivity index (χ0) is 10.4. The van der Waals surface area contributed by atoms with Gasteiger partial charge in [-0.3, -0.25) is 4.98 Å². The smallest absolute Gasteiger partial charge is 0.147 e. The molecule has 0 aliphatic rings. The van der Waals surface area contributed by atoms with Crippen LogP contribution in [0, 0.1) is 0 Å². The fraction of sp³-hybridized carbons (Fsp3) is 0.636. The Bertz CT molecular complexity index is 269. The minimum atomic E-state index is 0.987. The van der Waals surface area contributed by atoms with Crippen LogP contribution in [0.25, 0.3) is 0 Å². The summed E-state index contributed by atoms with van der Waals surface area (Å²) in [5.74, 6) is 1.00. The van der Waals surface area contributed by atoms with E-state index in [1.54, 1.807) is 0 Å². The summed E-state index contributed by atoms with van der Waals surface area (Å²) >= 11 is 0. The van der Waals surface area contributed by atoms with E-state index >= 15 is 0 Å². The van der Waals surface area contributed by atoms with E-state index in [4.69, 9.17) is 0 Å². The number of hydrogen-bond acceptors (Lipinski definition) is 3. The molecule has 0 bridgehead atoms. The molecule has 0 saturated heterocycles. The fourth-order valence-electron chi connectivity index (χ4n) is 1.47. The second kappa shape index (κ2) is 5.58. The lowest BCUT2D eigenvalue weighted by molar-refractivity contribution is 0.812. The van der Waals surface area contributed by atoms with E-state index in [2.05, 4.69) is 35.6 Å². The van der Waals surface area contributed by atoms with E-state index in [-0.39, 0.29) is 0 Å². The topological polar surface area (TPSA) is 29.0 Å². The SMILES string of the molecule is CCCc1cncc(N(CC)CC)n1. The van der Waals surface area contributed by atoms with Gasteiger partial charge in [-0.25, -0.2) is 4.98 Å². The average Bonchev–Trinajstić information content (AvgIpc) is 2.21. The van der Waals surface area contributed by atoms with E-state index in [9.17, 15) is 0 Å². The number of rotatable bonds is 5. The number of aromatic nitrogens is 2. The van der Waals surface area contributed by atoms with Crippen LogP contribution in [0.4, 0.5) is 5.82 Å². The Hall–Kier alpha value is -1.12. The lowest BCUT2D eigenvalue weighted by Crippen LogP contribution is -2.23. The van der Waals surface area contributed by atoms with Crippen molar-refractivity contribution in [3.05, 3.63) is 18.1 Å². The number of nitrogens with zero attached hydrogens (tertiary/aromatic N) is 3. The molecule has 3 nitrogen and oxygen atoms in total. The maximum atomic E-state index is 4.57. The Morgan fingerprint density at radius 1 is 1.14 bits per heavy atom. The molecule has 78 valence electrons. The summed E-state index contributed by atoms with van der Waals surface area (Å²) in [5, 5.41) is 0. The van der Waals surface area contributed by atoms with Gasteiger partial charge in [0.1, 0.15) is 5.82 Å². The first kappa shape index (κ1) is 11.0. The van der Waals surface area contributed by atoms with Crippen LogP contribution >= 0.6 is 0 Å². The van der Waals surface area contributed by atoms with Crippen LogP contribution in [0.3, 0.4) is 0 Å². The van der Waals surface area contributed by atoms with Crippen molar-refractivity contribution >= 4 is 5.82 Å². The van der Waals surface area contributed by atoms with Crippen molar-refractivity contribution in [3.63, 3.8) is 0 Å². The molecule has 0 spiro atoms. The summed E-state index contributed by atoms with van der Waals surface area (Å²) in [6, 6.07) is 0. The minimum absolute atomic E-state index is 0.987. The van der Waals surface area contributed by atoms with Gasteiger partial charge in [0.05, 0.1) is 11.9 Å². The van der Waals surface area contributed by atoms with Crippen LogP contribution < -0.4 is 4.90 Å². The highest BCUT2D eigenvalue weighted by Gasteiger charge is 2.04. The van der Waals surface area contributed by atoms with Gasteiger partial charge in [-0.1, -0.05) is 13.3 Å². The Morgan fingerprint density at radius 3 is 2.43 bits per heavy atom. The van der Waals surface area contributed by atoms with Gasteiger partial charge in [0.15, 0.2) is 0 Å². The molecule has 0 aromatic carbocycles. The standard InChI is InChI=1S/C11H19N3/c1-4-7-10-8-12-9-11(13-10)14(5-2)6-3/h8-9H,4-7H2,1-3H3. The van der Waals surface area contributed by atoms with Gasteiger partial charge < -0.3 is 4.90 Å². The summed E-state index contributed by atoms with van der Waals surface area (Å²) in [5.41, 5.74) is 1.09. The molecule has 0 saturated carbocycles. The first-order valence-corrected chi connectivity index (χ1v) is 5.37. The van der Waals surface area contributed by atoms with E-state index in [1.807, 2.05) is 12.4 Å². The van der Waals surface area contributed by atoms with Gasteiger partial charge in [-0.2, -0.15) is 0 Å². The van der Waals surface area contributed by atoms with Crippen LogP contribution in [0.2, 0.25) is 0 Å². The first-order valence-electron chi connectivity index (χ1n) is 5.37. The van der Waals surface area contributed by atoms with Crippen molar-refractivity contribution < 1.29 is 0 Å². The van der Waals surface area contributed by atoms with Gasteiger partial charge >= 0.3 is 0 Å². The molecule has 0 aliphatic carbocycles. The normalized spacial score (nSPS) is 10.2. The molecule has 1 heterocycles. The predicted molar refractivity (Wildman–Crippen MR) is 59.6 cm³/mol. The Balaban J connectivity index is 2.81. The summed E-state index contributed by atoms with van der Waals surface area (Å²) in [6.07, 6.45) is 5.83. The average molecular weight is 193 g/mol. The summed E-state index contributed by atoms with van der Waals surface area (Å²) < 4.78 is 0. The molecule has 1 aromatic heterocycles. The molecule has 14 heavy (non-hydrogen) atoms. The zero-order valence-corrected chi connectivity index (χ0v) is 9.32. The van der Waals surface area contributed by atoms with Gasteiger partial charge in [0, 0.05) is 19.3 Å². The molecule has 0 atom stereocenters. The van der Waals surface area contributed by atoms with Gasteiger partial charge in [0.25, 0.3) is 0 Å². The molecule has 3 heteroatoms. The lowest BCUT2D eigenvalue weighted by Gasteiger charge is -2.19. The molecule has 0 aliphatic heterocycles. The van der Waals surface area contributed by atoms with Crippen LogP contribution in [-0.2, 0) is 6.42 Å². The fourth-order valence-corrected chi connectivity index (χ4v) is 1.47. The maximum Gasteiger partial charge on any atom is 0.147 e. The third-order valence-corrected chi connectivity index (χ3v) is 2.27. The van der Waals surface area contributed by atoms with Crippen LogP contribution in [0.1, 0.15) is 32.9 Å². The molecule has 0 radical (unpaired) electrons. The molecule has 0 unspecified atom stereocenters. The first-order chi connectivity index (χ1) is 6.81. The van der Waals surface area contributed by atoms with Crippen LogP contribution in [0.15, 0.2) is 12.4 Å². The largest absolute Gasteiger partial charge is 0.356 e. The Labute approximate surface area is 86.2 Å². The second-order valence-corrected chi connectivity index (χ2v) is 3.29. The molecule has 0 fully saturated rings. The molecule has 0 N–H and O–H groups in total. The van der Waals surface area contributed by atoms with Crippen LogP contribution in [-0.4, -0.2) is 23.1 Å². The van der Waals surface area contributed by atoms with Crippen LogP contribution in [0.5, 0.6) is 0 Å². The minimum Gasteiger partial charge on any atom is -0.356 e. The quantitative estimate of drug-likeness (QED) is 0.718. The van der Waals surface area contributed by atoms with Gasteiger partial charge in [0.2, 0.25) is 0 Å². The highest BCUT2D eigenvalue weighted by molar-refractivity contribution is 5.35.